The lowest BCUT2D eigenvalue weighted by molar-refractivity contribution is -0.117. The van der Waals surface area contributed by atoms with Crippen LogP contribution in [0.2, 0.25) is 0 Å². The second-order valence-corrected chi connectivity index (χ2v) is 4.18. The first-order chi connectivity index (χ1) is 8.08. The van der Waals surface area contributed by atoms with E-state index in [1.807, 2.05) is 6.92 Å². The fraction of sp³-hybridized carbons (Fsp3) is 0.417. The first-order valence-electron chi connectivity index (χ1n) is 5.42. The summed E-state index contributed by atoms with van der Waals surface area (Å²) < 4.78 is 28.6. The van der Waals surface area contributed by atoms with E-state index >= 15 is 0 Å². The van der Waals surface area contributed by atoms with Crippen molar-refractivity contribution in [1.29, 1.82) is 0 Å². The van der Waals surface area contributed by atoms with Crippen molar-refractivity contribution in [3.8, 4) is 5.75 Å². The summed E-state index contributed by atoms with van der Waals surface area (Å²) in [6, 6.07) is 6.18. The van der Waals surface area contributed by atoms with Gasteiger partial charge in [-0.3, -0.25) is 4.79 Å². The molecule has 0 unspecified atom stereocenters. The predicted octanol–water partition coefficient (Wildman–Crippen LogP) is 2.88. The fourth-order valence-electron chi connectivity index (χ4n) is 1.68. The monoisotopic (exact) mass is 241 g/mol. The summed E-state index contributed by atoms with van der Waals surface area (Å²) in [6.45, 7) is -0.917. The van der Waals surface area contributed by atoms with Crippen LogP contribution in [0.5, 0.6) is 5.75 Å². The smallest absolute Gasteiger partial charge is 0.387 e. The van der Waals surface area contributed by atoms with Gasteiger partial charge in [0, 0.05) is 5.92 Å². The molecule has 2 rings (SSSR count). The maximum atomic E-state index is 12.1. The normalized spacial score (nSPS) is 22.4. The Bertz CT molecular complexity index is 423. The molecule has 0 saturated heterocycles. The van der Waals surface area contributed by atoms with Gasteiger partial charge >= 0.3 is 6.61 Å². The molecule has 1 aliphatic carbocycles. The van der Waals surface area contributed by atoms with Crippen LogP contribution < -0.4 is 10.1 Å². The van der Waals surface area contributed by atoms with E-state index < -0.39 is 6.61 Å². The summed E-state index contributed by atoms with van der Waals surface area (Å²) in [7, 11) is 0. The van der Waals surface area contributed by atoms with Crippen molar-refractivity contribution in [2.75, 3.05) is 5.32 Å². The van der Waals surface area contributed by atoms with Gasteiger partial charge < -0.3 is 10.1 Å². The highest BCUT2D eigenvalue weighted by Gasteiger charge is 2.39. The van der Waals surface area contributed by atoms with Gasteiger partial charge in [-0.15, -0.1) is 0 Å². The minimum atomic E-state index is -2.90. The predicted molar refractivity (Wildman–Crippen MR) is 59.0 cm³/mol. The van der Waals surface area contributed by atoms with E-state index in [2.05, 4.69) is 10.1 Å². The molecule has 2 atom stereocenters. The van der Waals surface area contributed by atoms with Crippen LogP contribution in [-0.2, 0) is 4.79 Å². The molecule has 92 valence electrons. The number of para-hydroxylation sites is 2. The van der Waals surface area contributed by atoms with E-state index in [9.17, 15) is 13.6 Å². The van der Waals surface area contributed by atoms with E-state index in [4.69, 9.17) is 0 Å². The number of carbonyl (C=O) groups excluding carboxylic acids is 1. The minimum absolute atomic E-state index is 0.00499. The van der Waals surface area contributed by atoms with Gasteiger partial charge in [0.15, 0.2) is 0 Å². The van der Waals surface area contributed by atoms with Gasteiger partial charge in [0.2, 0.25) is 5.91 Å². The topological polar surface area (TPSA) is 38.3 Å². The Morgan fingerprint density at radius 2 is 2.12 bits per heavy atom. The van der Waals surface area contributed by atoms with Crippen molar-refractivity contribution >= 4 is 11.6 Å². The molecular weight excluding hydrogens is 228 g/mol. The summed E-state index contributed by atoms with van der Waals surface area (Å²) in [5.41, 5.74) is 0.289. The van der Waals surface area contributed by atoms with Crippen molar-refractivity contribution in [1.82, 2.24) is 0 Å². The number of nitrogens with one attached hydrogen (secondary N) is 1. The number of benzene rings is 1. The van der Waals surface area contributed by atoms with Crippen molar-refractivity contribution < 1.29 is 18.3 Å². The first kappa shape index (κ1) is 11.8. The zero-order chi connectivity index (χ0) is 12.4. The summed E-state index contributed by atoms with van der Waals surface area (Å²) in [5, 5.41) is 2.61. The Kier molecular flexibility index (Phi) is 3.26. The molecule has 0 heterocycles. The van der Waals surface area contributed by atoms with Gasteiger partial charge in [0.05, 0.1) is 5.69 Å². The van der Waals surface area contributed by atoms with Gasteiger partial charge in [0.25, 0.3) is 0 Å². The number of ether oxygens (including phenoxy) is 1. The second kappa shape index (κ2) is 4.69. The van der Waals surface area contributed by atoms with Crippen LogP contribution >= 0.6 is 0 Å². The largest absolute Gasteiger partial charge is 0.433 e. The van der Waals surface area contributed by atoms with Crippen LogP contribution in [-0.4, -0.2) is 12.5 Å². The van der Waals surface area contributed by atoms with Gasteiger partial charge in [0.1, 0.15) is 5.75 Å². The zero-order valence-electron chi connectivity index (χ0n) is 9.32. The van der Waals surface area contributed by atoms with Crippen LogP contribution in [0.4, 0.5) is 14.5 Å². The molecule has 0 radical (unpaired) electrons. The highest BCUT2D eigenvalue weighted by Crippen LogP contribution is 2.39. The lowest BCUT2D eigenvalue weighted by Crippen LogP contribution is -2.15. The van der Waals surface area contributed by atoms with Crippen LogP contribution in [0.1, 0.15) is 13.3 Å². The van der Waals surface area contributed by atoms with Crippen molar-refractivity contribution in [3.05, 3.63) is 24.3 Å². The maximum absolute atomic E-state index is 12.1. The molecule has 0 bridgehead atoms. The maximum Gasteiger partial charge on any atom is 0.387 e. The molecule has 1 aromatic rings. The Morgan fingerprint density at radius 3 is 2.71 bits per heavy atom. The average molecular weight is 241 g/mol. The number of halogens is 2. The molecular formula is C12H13F2NO2. The quantitative estimate of drug-likeness (QED) is 0.880. The van der Waals surface area contributed by atoms with E-state index in [0.717, 1.165) is 6.42 Å². The van der Waals surface area contributed by atoms with E-state index in [1.165, 1.54) is 6.07 Å². The molecule has 1 fully saturated rings. The molecule has 3 nitrogen and oxygen atoms in total. The number of anilines is 1. The number of hydrogen-bond acceptors (Lipinski definition) is 2. The average Bonchev–Trinajstić information content (AvgIpc) is 2.98. The minimum Gasteiger partial charge on any atom is -0.433 e. The number of hydrogen-bond donors (Lipinski definition) is 1. The molecule has 1 N–H and O–H groups in total. The molecule has 17 heavy (non-hydrogen) atoms. The third-order valence-corrected chi connectivity index (χ3v) is 2.81. The Morgan fingerprint density at radius 1 is 1.47 bits per heavy atom. The number of alkyl halides is 2. The van der Waals surface area contributed by atoms with Gasteiger partial charge in [-0.25, -0.2) is 0 Å². The number of amides is 1. The highest BCUT2D eigenvalue weighted by atomic mass is 19.3. The van der Waals surface area contributed by atoms with E-state index in [1.54, 1.807) is 18.2 Å². The second-order valence-electron chi connectivity index (χ2n) is 4.18. The molecule has 1 aromatic carbocycles. The van der Waals surface area contributed by atoms with Crippen LogP contribution in [0.25, 0.3) is 0 Å². The Labute approximate surface area is 97.8 Å². The molecule has 0 spiro atoms. The van der Waals surface area contributed by atoms with Gasteiger partial charge in [-0.2, -0.15) is 8.78 Å². The summed E-state index contributed by atoms with van der Waals surface area (Å²) in [5.74, 6) is 0.222. The summed E-state index contributed by atoms with van der Waals surface area (Å²) in [4.78, 5) is 11.7. The van der Waals surface area contributed by atoms with E-state index in [-0.39, 0.29) is 23.3 Å². The molecule has 0 aromatic heterocycles. The molecule has 5 heteroatoms. The molecule has 1 amide bonds. The van der Waals surface area contributed by atoms with Gasteiger partial charge in [-0.05, 0) is 24.5 Å². The molecule has 1 saturated carbocycles. The third kappa shape index (κ3) is 2.93. The lowest BCUT2D eigenvalue weighted by Gasteiger charge is -2.11. The molecule has 0 aliphatic heterocycles. The van der Waals surface area contributed by atoms with Crippen LogP contribution in [0.15, 0.2) is 24.3 Å². The van der Waals surface area contributed by atoms with Crippen molar-refractivity contribution in [2.45, 2.75) is 20.0 Å². The standard InChI is InChI=1S/C12H13F2NO2/c1-7-6-8(7)11(16)15-9-4-2-3-5-10(9)17-12(13)14/h2-5,7-8,12H,6H2,1H3,(H,15,16)/t7-,8-/m1/s1. The zero-order valence-corrected chi connectivity index (χ0v) is 9.32. The Balaban J connectivity index is 2.06. The summed E-state index contributed by atoms with van der Waals surface area (Å²) in [6.07, 6.45) is 0.851. The summed E-state index contributed by atoms with van der Waals surface area (Å²) >= 11 is 0. The van der Waals surface area contributed by atoms with Gasteiger partial charge in [-0.1, -0.05) is 19.1 Å². The third-order valence-electron chi connectivity index (χ3n) is 2.81. The van der Waals surface area contributed by atoms with E-state index in [0.29, 0.717) is 5.92 Å². The van der Waals surface area contributed by atoms with Crippen molar-refractivity contribution in [3.63, 3.8) is 0 Å². The van der Waals surface area contributed by atoms with Crippen molar-refractivity contribution in [2.24, 2.45) is 11.8 Å². The fourth-order valence-corrected chi connectivity index (χ4v) is 1.68. The Hall–Kier alpha value is -1.65. The number of carbonyl (C=O) groups is 1. The van der Waals surface area contributed by atoms with Crippen LogP contribution in [0, 0.1) is 11.8 Å². The SMILES string of the molecule is C[C@@H]1C[C@H]1C(=O)Nc1ccccc1OC(F)F. The highest BCUT2D eigenvalue weighted by molar-refractivity contribution is 5.95. The first-order valence-corrected chi connectivity index (χ1v) is 5.42. The lowest BCUT2D eigenvalue weighted by atomic mass is 10.2. The van der Waals surface area contributed by atoms with Crippen LogP contribution in [0.3, 0.4) is 0 Å². The number of rotatable bonds is 4. The molecule has 1 aliphatic rings.